The highest BCUT2D eigenvalue weighted by molar-refractivity contribution is 8.24. The van der Waals surface area contributed by atoms with E-state index < -0.39 is 0 Å². The molecule has 0 atom stereocenters. The summed E-state index contributed by atoms with van der Waals surface area (Å²) in [6, 6.07) is 0. The fourth-order valence-electron chi connectivity index (χ4n) is 0.484. The molecule has 0 spiro atoms. The molecule has 1 rings (SSSR count). The molecule has 1 fully saturated rings. The molecule has 1 saturated heterocycles. The van der Waals surface area contributed by atoms with Gasteiger partial charge in [-0.1, -0.05) is 24.0 Å². The smallest absolute Gasteiger partial charge is 0.149 e. The molecule has 2 nitrogen and oxygen atoms in total. The normalized spacial score (nSPS) is 25.5. The van der Waals surface area contributed by atoms with E-state index in [2.05, 4.69) is 24.7 Å². The maximum absolute atomic E-state index is 4.86. The Balaban J connectivity index is 2.56. The summed E-state index contributed by atoms with van der Waals surface area (Å²) in [4.78, 5) is 0.0804. The molecule has 0 aromatic carbocycles. The average Bonchev–Trinajstić information content (AvgIpc) is 1.82. The lowest BCUT2D eigenvalue weighted by atomic mass is 10.4. The Morgan fingerprint density at radius 3 is 2.38 bits per heavy atom. The quantitative estimate of drug-likeness (QED) is 0.497. The van der Waals surface area contributed by atoms with Crippen molar-refractivity contribution in [1.82, 2.24) is 10.9 Å². The summed E-state index contributed by atoms with van der Waals surface area (Å²) in [6.45, 7) is 4.15. The van der Waals surface area contributed by atoms with Gasteiger partial charge < -0.3 is 5.43 Å². The van der Waals surface area contributed by atoms with Crippen molar-refractivity contribution in [1.29, 1.82) is 0 Å². The summed E-state index contributed by atoms with van der Waals surface area (Å²) in [5, 5.41) is 0. The van der Waals surface area contributed by atoms with Crippen molar-refractivity contribution >= 4 is 28.3 Å². The van der Waals surface area contributed by atoms with Gasteiger partial charge in [0.25, 0.3) is 0 Å². The SMILES string of the molecule is CC1(C)NNC(=S)S1. The molecule has 0 aliphatic carbocycles. The van der Waals surface area contributed by atoms with Gasteiger partial charge in [0, 0.05) is 0 Å². The van der Waals surface area contributed by atoms with Gasteiger partial charge in [-0.25, -0.2) is 5.43 Å². The minimum atomic E-state index is 0.0804. The van der Waals surface area contributed by atoms with Crippen molar-refractivity contribution in [2.45, 2.75) is 18.7 Å². The van der Waals surface area contributed by atoms with Gasteiger partial charge in [0.05, 0.1) is 4.87 Å². The molecule has 0 radical (unpaired) electrons. The lowest BCUT2D eigenvalue weighted by molar-refractivity contribution is 0.537. The predicted octanol–water partition coefficient (Wildman–Crippen LogP) is 0.848. The first kappa shape index (κ1) is 6.32. The maximum atomic E-state index is 4.86. The summed E-state index contributed by atoms with van der Waals surface area (Å²) in [7, 11) is 0. The molecule has 0 amide bonds. The second-order valence-corrected chi connectivity index (χ2v) is 4.45. The highest BCUT2D eigenvalue weighted by atomic mass is 32.2. The Morgan fingerprint density at radius 2 is 2.25 bits per heavy atom. The van der Waals surface area contributed by atoms with Gasteiger partial charge in [-0.2, -0.15) is 0 Å². The summed E-state index contributed by atoms with van der Waals surface area (Å²) < 4.78 is 0.829. The van der Waals surface area contributed by atoms with Gasteiger partial charge in [0.15, 0.2) is 0 Å². The average molecular weight is 148 g/mol. The number of thiocarbonyl (C=S) groups is 1. The van der Waals surface area contributed by atoms with E-state index in [1.54, 1.807) is 11.8 Å². The molecular weight excluding hydrogens is 140 g/mol. The van der Waals surface area contributed by atoms with Crippen LogP contribution >= 0.6 is 24.0 Å². The van der Waals surface area contributed by atoms with Crippen molar-refractivity contribution in [2.24, 2.45) is 0 Å². The van der Waals surface area contributed by atoms with Gasteiger partial charge in [-0.05, 0) is 13.8 Å². The van der Waals surface area contributed by atoms with Gasteiger partial charge in [-0.3, -0.25) is 0 Å². The van der Waals surface area contributed by atoms with Crippen LogP contribution in [0.3, 0.4) is 0 Å². The highest BCUT2D eigenvalue weighted by Gasteiger charge is 2.26. The summed E-state index contributed by atoms with van der Waals surface area (Å²) >= 11 is 6.49. The zero-order valence-electron chi connectivity index (χ0n) is 4.82. The Hall–Kier alpha value is 0.200. The molecule has 8 heavy (non-hydrogen) atoms. The third kappa shape index (κ3) is 1.34. The lowest BCUT2D eigenvalue weighted by Gasteiger charge is -2.12. The van der Waals surface area contributed by atoms with E-state index >= 15 is 0 Å². The molecule has 0 aromatic heterocycles. The number of nitrogens with one attached hydrogen (secondary N) is 2. The van der Waals surface area contributed by atoms with Gasteiger partial charge in [0.2, 0.25) is 0 Å². The minimum absolute atomic E-state index is 0.0804. The van der Waals surface area contributed by atoms with Crippen LogP contribution in [0.4, 0.5) is 0 Å². The number of thioether (sulfide) groups is 1. The van der Waals surface area contributed by atoms with E-state index in [0.29, 0.717) is 0 Å². The summed E-state index contributed by atoms with van der Waals surface area (Å²) in [6.07, 6.45) is 0. The summed E-state index contributed by atoms with van der Waals surface area (Å²) in [5.41, 5.74) is 5.87. The van der Waals surface area contributed by atoms with Crippen molar-refractivity contribution < 1.29 is 0 Å². The van der Waals surface area contributed by atoms with Gasteiger partial charge in [-0.15, -0.1) is 0 Å². The van der Waals surface area contributed by atoms with E-state index in [9.17, 15) is 0 Å². The number of hydrogen-bond acceptors (Lipinski definition) is 3. The molecule has 0 bridgehead atoms. The lowest BCUT2D eigenvalue weighted by Crippen LogP contribution is -2.37. The predicted molar refractivity (Wildman–Crippen MR) is 40.5 cm³/mol. The summed E-state index contributed by atoms with van der Waals surface area (Å²) in [5.74, 6) is 0. The van der Waals surface area contributed by atoms with E-state index in [1.807, 2.05) is 0 Å². The third-order valence-corrected chi connectivity index (χ3v) is 2.07. The van der Waals surface area contributed by atoms with Crippen LogP contribution < -0.4 is 10.9 Å². The second-order valence-electron chi connectivity index (χ2n) is 2.15. The fraction of sp³-hybridized carbons (Fsp3) is 0.750. The molecule has 4 heteroatoms. The molecule has 0 saturated carbocycles. The van der Waals surface area contributed by atoms with Crippen molar-refractivity contribution in [2.75, 3.05) is 0 Å². The van der Waals surface area contributed by atoms with E-state index in [1.165, 1.54) is 0 Å². The zero-order valence-corrected chi connectivity index (χ0v) is 6.45. The van der Waals surface area contributed by atoms with Crippen LogP contribution in [0, 0.1) is 0 Å². The van der Waals surface area contributed by atoms with Gasteiger partial charge in [0.1, 0.15) is 4.32 Å². The van der Waals surface area contributed by atoms with Crippen LogP contribution in [0.1, 0.15) is 13.8 Å². The number of hydrogen-bond donors (Lipinski definition) is 2. The highest BCUT2D eigenvalue weighted by Crippen LogP contribution is 2.24. The van der Waals surface area contributed by atoms with Crippen LogP contribution in [0.25, 0.3) is 0 Å². The van der Waals surface area contributed by atoms with E-state index in [-0.39, 0.29) is 4.87 Å². The number of rotatable bonds is 0. The Bertz CT molecular complexity index is 121. The molecule has 1 heterocycles. The van der Waals surface area contributed by atoms with Crippen LogP contribution in [0.5, 0.6) is 0 Å². The molecule has 0 unspecified atom stereocenters. The minimum Gasteiger partial charge on any atom is -0.305 e. The molecule has 1 aliphatic heterocycles. The first-order valence-electron chi connectivity index (χ1n) is 2.36. The fourth-order valence-corrected chi connectivity index (χ4v) is 1.83. The van der Waals surface area contributed by atoms with E-state index in [4.69, 9.17) is 12.2 Å². The molecule has 1 aliphatic rings. The van der Waals surface area contributed by atoms with Gasteiger partial charge >= 0.3 is 0 Å². The van der Waals surface area contributed by atoms with Crippen molar-refractivity contribution in [3.05, 3.63) is 0 Å². The zero-order chi connectivity index (χ0) is 6.20. The van der Waals surface area contributed by atoms with Crippen molar-refractivity contribution in [3.8, 4) is 0 Å². The standard InChI is InChI=1S/C4H8N2S2/c1-4(2)6-5-3(7)8-4/h6H,1-2H3,(H,5,7). The molecule has 2 N–H and O–H groups in total. The van der Waals surface area contributed by atoms with E-state index in [0.717, 1.165) is 4.32 Å². The first-order valence-corrected chi connectivity index (χ1v) is 3.59. The van der Waals surface area contributed by atoms with Crippen LogP contribution in [0.2, 0.25) is 0 Å². The van der Waals surface area contributed by atoms with Crippen LogP contribution in [-0.4, -0.2) is 9.19 Å². The van der Waals surface area contributed by atoms with Crippen molar-refractivity contribution in [3.63, 3.8) is 0 Å². The second kappa shape index (κ2) is 1.86. The topological polar surface area (TPSA) is 24.1 Å². The number of hydrazine groups is 1. The maximum Gasteiger partial charge on any atom is 0.149 e. The Kier molecular flexibility index (Phi) is 1.47. The third-order valence-electron chi connectivity index (χ3n) is 0.813. The van der Waals surface area contributed by atoms with Crippen LogP contribution in [-0.2, 0) is 0 Å². The first-order chi connectivity index (χ1) is 3.60. The molecule has 0 aromatic rings. The Morgan fingerprint density at radius 1 is 1.62 bits per heavy atom. The molecule has 46 valence electrons. The monoisotopic (exact) mass is 148 g/mol. The van der Waals surface area contributed by atoms with Crippen LogP contribution in [0.15, 0.2) is 0 Å². The molecular formula is C4H8N2S2. The Labute approximate surface area is 58.4 Å². The largest absolute Gasteiger partial charge is 0.305 e.